The summed E-state index contributed by atoms with van der Waals surface area (Å²) in [5, 5.41) is 0. The van der Waals surface area contributed by atoms with Crippen LogP contribution in [-0.2, 0) is 14.8 Å². The van der Waals surface area contributed by atoms with Gasteiger partial charge in [0.25, 0.3) is 0 Å². The minimum Gasteiger partial charge on any atom is -0.396 e. The smallest absolute Gasteiger partial charge is 0.244 e. The van der Waals surface area contributed by atoms with Crippen LogP contribution >= 0.6 is 0 Å². The summed E-state index contributed by atoms with van der Waals surface area (Å²) in [6.45, 7) is 5.90. The standard InChI is InChI=1S/C13H19FN2O3S/c1-8-6-11(14)12(15)10(3)13(8)20(17,18)16-4-5-19-7-9(16)2/h6,9H,4-5,7,15H2,1-3H3/t9-/m1/s1. The molecule has 0 unspecified atom stereocenters. The molecule has 0 aromatic heterocycles. The van der Waals surface area contributed by atoms with Gasteiger partial charge >= 0.3 is 0 Å². The third-order valence-corrected chi connectivity index (χ3v) is 5.88. The topological polar surface area (TPSA) is 72.6 Å². The van der Waals surface area contributed by atoms with Gasteiger partial charge in [0.1, 0.15) is 5.82 Å². The molecule has 1 fully saturated rings. The highest BCUT2D eigenvalue weighted by molar-refractivity contribution is 7.89. The first-order valence-corrected chi connectivity index (χ1v) is 7.85. The number of nitrogens with zero attached hydrogens (tertiary/aromatic N) is 1. The van der Waals surface area contributed by atoms with Crippen molar-refractivity contribution < 1.29 is 17.5 Å². The van der Waals surface area contributed by atoms with Crippen LogP contribution < -0.4 is 5.73 Å². The minimum atomic E-state index is -3.71. The number of benzene rings is 1. The summed E-state index contributed by atoms with van der Waals surface area (Å²) in [5.41, 5.74) is 6.15. The van der Waals surface area contributed by atoms with Crippen LogP contribution in [0, 0.1) is 19.7 Å². The number of halogens is 1. The van der Waals surface area contributed by atoms with E-state index in [0.717, 1.165) is 0 Å². The lowest BCUT2D eigenvalue weighted by Gasteiger charge is -2.33. The molecule has 1 atom stereocenters. The maximum absolute atomic E-state index is 13.6. The maximum atomic E-state index is 13.6. The lowest BCUT2D eigenvalue weighted by Crippen LogP contribution is -2.47. The monoisotopic (exact) mass is 302 g/mol. The van der Waals surface area contributed by atoms with Gasteiger partial charge in [-0.05, 0) is 38.0 Å². The lowest BCUT2D eigenvalue weighted by atomic mass is 10.1. The van der Waals surface area contributed by atoms with Crippen molar-refractivity contribution in [2.24, 2.45) is 0 Å². The zero-order valence-electron chi connectivity index (χ0n) is 11.8. The van der Waals surface area contributed by atoms with Gasteiger partial charge in [-0.2, -0.15) is 4.31 Å². The van der Waals surface area contributed by atoms with Gasteiger partial charge in [0.15, 0.2) is 0 Å². The molecule has 1 aliphatic rings. The SMILES string of the molecule is Cc1cc(F)c(N)c(C)c1S(=O)(=O)N1CCOC[C@H]1C. The fourth-order valence-electron chi connectivity index (χ4n) is 2.51. The fraction of sp³-hybridized carbons (Fsp3) is 0.538. The molecule has 0 saturated carbocycles. The van der Waals surface area contributed by atoms with Crippen molar-refractivity contribution in [3.63, 3.8) is 0 Å². The highest BCUT2D eigenvalue weighted by atomic mass is 32.2. The first-order valence-electron chi connectivity index (χ1n) is 6.41. The third kappa shape index (κ3) is 2.41. The van der Waals surface area contributed by atoms with E-state index in [2.05, 4.69) is 0 Å². The summed E-state index contributed by atoms with van der Waals surface area (Å²) < 4.78 is 45.8. The number of nitrogens with two attached hydrogens (primary N) is 1. The minimum absolute atomic E-state index is 0.102. The average molecular weight is 302 g/mol. The van der Waals surface area contributed by atoms with Crippen molar-refractivity contribution in [3.05, 3.63) is 23.0 Å². The molecule has 0 aliphatic carbocycles. The van der Waals surface area contributed by atoms with Gasteiger partial charge in [0.05, 0.1) is 23.8 Å². The predicted octanol–water partition coefficient (Wildman–Crippen LogP) is 1.43. The van der Waals surface area contributed by atoms with Gasteiger partial charge in [0.2, 0.25) is 10.0 Å². The first kappa shape index (κ1) is 15.2. The predicted molar refractivity (Wildman–Crippen MR) is 74.5 cm³/mol. The fourth-order valence-corrected chi connectivity index (χ4v) is 4.56. The van der Waals surface area contributed by atoms with Crippen molar-refractivity contribution in [1.82, 2.24) is 4.31 Å². The van der Waals surface area contributed by atoms with Crippen LogP contribution in [0.15, 0.2) is 11.0 Å². The molecule has 0 bridgehead atoms. The van der Waals surface area contributed by atoms with Crippen molar-refractivity contribution in [1.29, 1.82) is 0 Å². The second-order valence-corrected chi connectivity index (χ2v) is 6.91. The molecular weight excluding hydrogens is 283 g/mol. The molecule has 5 nitrogen and oxygen atoms in total. The van der Waals surface area contributed by atoms with Crippen LogP contribution in [0.25, 0.3) is 0 Å². The van der Waals surface area contributed by atoms with Gasteiger partial charge in [-0.3, -0.25) is 0 Å². The van der Waals surface area contributed by atoms with E-state index in [4.69, 9.17) is 10.5 Å². The largest absolute Gasteiger partial charge is 0.396 e. The molecule has 1 saturated heterocycles. The van der Waals surface area contributed by atoms with E-state index in [1.165, 1.54) is 17.3 Å². The zero-order valence-corrected chi connectivity index (χ0v) is 12.6. The molecule has 0 amide bonds. The van der Waals surface area contributed by atoms with E-state index in [1.54, 1.807) is 13.8 Å². The molecule has 7 heteroatoms. The molecule has 112 valence electrons. The van der Waals surface area contributed by atoms with E-state index in [-0.39, 0.29) is 22.2 Å². The number of morpholine rings is 1. The summed E-state index contributed by atoms with van der Waals surface area (Å²) in [5.74, 6) is -0.589. The highest BCUT2D eigenvalue weighted by Gasteiger charge is 2.34. The zero-order chi connectivity index (χ0) is 15.1. The van der Waals surface area contributed by atoms with E-state index < -0.39 is 15.8 Å². The molecule has 1 aromatic carbocycles. The normalized spacial score (nSPS) is 21.1. The number of ether oxygens (including phenoxy) is 1. The number of nitrogen functional groups attached to an aromatic ring is 1. The quantitative estimate of drug-likeness (QED) is 0.839. The Morgan fingerprint density at radius 3 is 2.70 bits per heavy atom. The molecule has 1 aromatic rings. The molecule has 20 heavy (non-hydrogen) atoms. The van der Waals surface area contributed by atoms with Crippen LogP contribution in [0.4, 0.5) is 10.1 Å². The molecule has 2 rings (SSSR count). The second kappa shape index (κ2) is 5.31. The Kier molecular flexibility index (Phi) is 4.04. The molecule has 0 radical (unpaired) electrons. The van der Waals surface area contributed by atoms with Gasteiger partial charge in [-0.1, -0.05) is 0 Å². The van der Waals surface area contributed by atoms with Crippen LogP contribution in [0.5, 0.6) is 0 Å². The summed E-state index contributed by atoms with van der Waals surface area (Å²) in [6, 6.07) is 0.916. The maximum Gasteiger partial charge on any atom is 0.244 e. The molecule has 0 spiro atoms. The van der Waals surface area contributed by atoms with Gasteiger partial charge in [-0.15, -0.1) is 0 Å². The van der Waals surface area contributed by atoms with E-state index in [1.807, 2.05) is 0 Å². The van der Waals surface area contributed by atoms with Crippen molar-refractivity contribution in [2.75, 3.05) is 25.5 Å². The number of hydrogen-bond donors (Lipinski definition) is 1. The molecule has 1 aliphatic heterocycles. The molecule has 1 heterocycles. The summed E-state index contributed by atoms with van der Waals surface area (Å²) in [4.78, 5) is 0.102. The number of anilines is 1. The Bertz CT molecular complexity index is 631. The number of aryl methyl sites for hydroxylation is 1. The van der Waals surface area contributed by atoms with Gasteiger partial charge in [-0.25, -0.2) is 12.8 Å². The van der Waals surface area contributed by atoms with Crippen LogP contribution in [0.2, 0.25) is 0 Å². The third-order valence-electron chi connectivity index (χ3n) is 3.58. The van der Waals surface area contributed by atoms with E-state index in [9.17, 15) is 12.8 Å². The highest BCUT2D eigenvalue weighted by Crippen LogP contribution is 2.31. The van der Waals surface area contributed by atoms with Crippen molar-refractivity contribution in [2.45, 2.75) is 31.7 Å². The average Bonchev–Trinajstić information content (AvgIpc) is 2.36. The lowest BCUT2D eigenvalue weighted by molar-refractivity contribution is 0.0392. The Morgan fingerprint density at radius 2 is 2.10 bits per heavy atom. The van der Waals surface area contributed by atoms with Gasteiger partial charge < -0.3 is 10.5 Å². The summed E-state index contributed by atoms with van der Waals surface area (Å²) in [7, 11) is -3.71. The van der Waals surface area contributed by atoms with Crippen LogP contribution in [0.1, 0.15) is 18.1 Å². The van der Waals surface area contributed by atoms with Crippen LogP contribution in [-0.4, -0.2) is 38.5 Å². The first-order chi connectivity index (χ1) is 9.26. The number of hydrogen-bond acceptors (Lipinski definition) is 4. The van der Waals surface area contributed by atoms with Gasteiger partial charge in [0, 0.05) is 12.6 Å². The Labute approximate surface area is 118 Å². The Morgan fingerprint density at radius 1 is 1.45 bits per heavy atom. The number of sulfonamides is 1. The number of rotatable bonds is 2. The summed E-state index contributed by atoms with van der Waals surface area (Å²) in [6.07, 6.45) is 0. The molecule has 2 N–H and O–H groups in total. The van der Waals surface area contributed by atoms with Crippen LogP contribution in [0.3, 0.4) is 0 Å². The Hall–Kier alpha value is -1.18. The Balaban J connectivity index is 2.58. The van der Waals surface area contributed by atoms with E-state index >= 15 is 0 Å². The van der Waals surface area contributed by atoms with E-state index in [0.29, 0.717) is 25.3 Å². The van der Waals surface area contributed by atoms with Crippen molar-refractivity contribution in [3.8, 4) is 0 Å². The second-order valence-electron chi connectivity index (χ2n) is 5.08. The molecular formula is C13H19FN2O3S. The summed E-state index contributed by atoms with van der Waals surface area (Å²) >= 11 is 0. The van der Waals surface area contributed by atoms with Crippen molar-refractivity contribution >= 4 is 15.7 Å².